The second kappa shape index (κ2) is 6.05. The third kappa shape index (κ3) is 2.80. The Bertz CT molecular complexity index is 471. The molecule has 0 radical (unpaired) electrons. The first kappa shape index (κ1) is 12.4. The first-order chi connectivity index (χ1) is 8.83. The summed E-state index contributed by atoms with van der Waals surface area (Å²) in [7, 11) is 0. The summed E-state index contributed by atoms with van der Waals surface area (Å²) < 4.78 is 0. The Morgan fingerprint density at radius 1 is 0.889 bits per heavy atom. The minimum absolute atomic E-state index is 0.0557. The van der Waals surface area contributed by atoms with Crippen LogP contribution in [0.5, 0.6) is 0 Å². The summed E-state index contributed by atoms with van der Waals surface area (Å²) in [5.41, 5.74) is 8.68. The van der Waals surface area contributed by atoms with Gasteiger partial charge in [-0.15, -0.1) is 12.3 Å². The molecule has 0 aromatic heterocycles. The van der Waals surface area contributed by atoms with Crippen LogP contribution in [0.1, 0.15) is 23.5 Å². The van der Waals surface area contributed by atoms with E-state index in [1.54, 1.807) is 0 Å². The molecule has 2 N–H and O–H groups in total. The molecule has 90 valence electrons. The van der Waals surface area contributed by atoms with Gasteiger partial charge in [-0.1, -0.05) is 60.7 Å². The molecule has 0 bridgehead atoms. The first-order valence-electron chi connectivity index (χ1n) is 6.12. The highest BCUT2D eigenvalue weighted by molar-refractivity contribution is 5.34. The Labute approximate surface area is 109 Å². The van der Waals surface area contributed by atoms with Gasteiger partial charge in [-0.05, 0) is 11.1 Å². The van der Waals surface area contributed by atoms with Crippen molar-refractivity contribution in [3.63, 3.8) is 0 Å². The van der Waals surface area contributed by atoms with Crippen molar-refractivity contribution in [2.45, 2.75) is 18.4 Å². The van der Waals surface area contributed by atoms with E-state index in [2.05, 4.69) is 30.2 Å². The third-order valence-electron chi connectivity index (χ3n) is 3.10. The van der Waals surface area contributed by atoms with Crippen LogP contribution in [-0.4, -0.2) is 6.04 Å². The summed E-state index contributed by atoms with van der Waals surface area (Å²) in [6.07, 6.45) is 5.97. The molecule has 2 aromatic carbocycles. The number of benzene rings is 2. The van der Waals surface area contributed by atoms with E-state index in [-0.39, 0.29) is 12.0 Å². The normalized spacial score (nSPS) is 12.1. The summed E-state index contributed by atoms with van der Waals surface area (Å²) in [6, 6.07) is 20.5. The van der Waals surface area contributed by atoms with E-state index in [0.29, 0.717) is 6.42 Å². The van der Waals surface area contributed by atoms with E-state index in [9.17, 15) is 0 Å². The number of hydrogen-bond donors (Lipinski definition) is 1. The largest absolute Gasteiger partial charge is 0.326 e. The lowest BCUT2D eigenvalue weighted by molar-refractivity contribution is 0.608. The zero-order valence-corrected chi connectivity index (χ0v) is 10.3. The van der Waals surface area contributed by atoms with Crippen LogP contribution in [0.25, 0.3) is 0 Å². The molecule has 0 amide bonds. The molecule has 0 aliphatic carbocycles. The predicted molar refractivity (Wildman–Crippen MR) is 76.2 cm³/mol. The minimum Gasteiger partial charge on any atom is -0.326 e. The average Bonchev–Trinajstić information content (AvgIpc) is 2.42. The molecular formula is C17H17N. The van der Waals surface area contributed by atoms with Crippen molar-refractivity contribution < 1.29 is 0 Å². The van der Waals surface area contributed by atoms with Gasteiger partial charge in [0.15, 0.2) is 0 Å². The van der Waals surface area contributed by atoms with E-state index in [1.807, 2.05) is 36.4 Å². The Morgan fingerprint density at radius 3 is 1.72 bits per heavy atom. The molecule has 0 aliphatic rings. The molecule has 0 aliphatic heterocycles. The highest BCUT2D eigenvalue weighted by Gasteiger charge is 2.20. The van der Waals surface area contributed by atoms with E-state index >= 15 is 0 Å². The van der Waals surface area contributed by atoms with Gasteiger partial charge in [-0.3, -0.25) is 0 Å². The highest BCUT2D eigenvalue weighted by Crippen LogP contribution is 2.28. The summed E-state index contributed by atoms with van der Waals surface area (Å²) in [5.74, 6) is 2.82. The van der Waals surface area contributed by atoms with Crippen molar-refractivity contribution in [1.82, 2.24) is 0 Å². The molecule has 18 heavy (non-hydrogen) atoms. The fraction of sp³-hybridized carbons (Fsp3) is 0.176. The van der Waals surface area contributed by atoms with Crippen molar-refractivity contribution in [3.05, 3.63) is 71.8 Å². The zero-order chi connectivity index (χ0) is 12.8. The number of rotatable bonds is 4. The lowest BCUT2D eigenvalue weighted by Crippen LogP contribution is -2.28. The summed E-state index contributed by atoms with van der Waals surface area (Å²) in [4.78, 5) is 0. The summed E-state index contributed by atoms with van der Waals surface area (Å²) >= 11 is 0. The Morgan fingerprint density at radius 2 is 1.33 bits per heavy atom. The molecule has 0 spiro atoms. The van der Waals surface area contributed by atoms with E-state index < -0.39 is 0 Å². The monoisotopic (exact) mass is 235 g/mol. The molecule has 1 unspecified atom stereocenters. The van der Waals surface area contributed by atoms with Gasteiger partial charge in [0.05, 0.1) is 0 Å². The molecular weight excluding hydrogens is 218 g/mol. The second-order valence-electron chi connectivity index (χ2n) is 4.37. The van der Waals surface area contributed by atoms with Gasteiger partial charge in [0.2, 0.25) is 0 Å². The average molecular weight is 235 g/mol. The van der Waals surface area contributed by atoms with Crippen LogP contribution in [0, 0.1) is 12.3 Å². The first-order valence-corrected chi connectivity index (χ1v) is 6.12. The number of nitrogens with two attached hydrogens (primary N) is 1. The van der Waals surface area contributed by atoms with Gasteiger partial charge in [0.25, 0.3) is 0 Å². The second-order valence-corrected chi connectivity index (χ2v) is 4.37. The van der Waals surface area contributed by atoms with Gasteiger partial charge in [-0.2, -0.15) is 0 Å². The molecule has 2 aromatic rings. The van der Waals surface area contributed by atoms with Crippen LogP contribution < -0.4 is 5.73 Å². The van der Waals surface area contributed by atoms with Crippen molar-refractivity contribution in [2.24, 2.45) is 5.73 Å². The predicted octanol–water partition coefficient (Wildman–Crippen LogP) is 3.17. The van der Waals surface area contributed by atoms with Gasteiger partial charge in [0.1, 0.15) is 0 Å². The fourth-order valence-corrected chi connectivity index (χ4v) is 2.26. The Kier molecular flexibility index (Phi) is 4.17. The Balaban J connectivity index is 2.39. The van der Waals surface area contributed by atoms with Gasteiger partial charge in [-0.25, -0.2) is 0 Å². The molecule has 1 heteroatoms. The van der Waals surface area contributed by atoms with E-state index in [0.717, 1.165) is 0 Å². The fourth-order valence-electron chi connectivity index (χ4n) is 2.26. The van der Waals surface area contributed by atoms with Gasteiger partial charge >= 0.3 is 0 Å². The maximum atomic E-state index is 6.25. The Hall–Kier alpha value is -2.04. The van der Waals surface area contributed by atoms with Crippen molar-refractivity contribution in [2.75, 3.05) is 0 Å². The lowest BCUT2D eigenvalue weighted by atomic mass is 9.84. The molecule has 0 saturated heterocycles. The molecule has 2 rings (SSSR count). The smallest absolute Gasteiger partial charge is 0.0260 e. The standard InChI is InChI=1S/C17H17N/c1-2-9-16(18)17(14-10-5-3-6-11-14)15-12-7-4-8-13-15/h1,3-8,10-13,16-17H,9,18H2. The van der Waals surface area contributed by atoms with Crippen molar-refractivity contribution >= 4 is 0 Å². The van der Waals surface area contributed by atoms with Crippen LogP contribution in [0.15, 0.2) is 60.7 Å². The third-order valence-corrected chi connectivity index (χ3v) is 3.10. The topological polar surface area (TPSA) is 26.0 Å². The van der Waals surface area contributed by atoms with E-state index in [4.69, 9.17) is 12.2 Å². The summed E-state index contributed by atoms with van der Waals surface area (Å²) in [5, 5.41) is 0. The molecule has 0 heterocycles. The molecule has 0 fully saturated rings. The van der Waals surface area contributed by atoms with Gasteiger partial charge in [0, 0.05) is 18.4 Å². The minimum atomic E-state index is -0.0557. The van der Waals surface area contributed by atoms with Crippen molar-refractivity contribution in [1.29, 1.82) is 0 Å². The van der Waals surface area contributed by atoms with Crippen LogP contribution in [0.4, 0.5) is 0 Å². The van der Waals surface area contributed by atoms with Crippen LogP contribution in [0.2, 0.25) is 0 Å². The highest BCUT2D eigenvalue weighted by atomic mass is 14.6. The molecule has 0 saturated carbocycles. The molecule has 1 atom stereocenters. The quantitative estimate of drug-likeness (QED) is 0.809. The summed E-state index contributed by atoms with van der Waals surface area (Å²) in [6.45, 7) is 0. The van der Waals surface area contributed by atoms with Gasteiger partial charge < -0.3 is 5.73 Å². The molecule has 1 nitrogen and oxygen atoms in total. The van der Waals surface area contributed by atoms with Crippen LogP contribution >= 0.6 is 0 Å². The van der Waals surface area contributed by atoms with Crippen LogP contribution in [-0.2, 0) is 0 Å². The van der Waals surface area contributed by atoms with Crippen molar-refractivity contribution in [3.8, 4) is 12.3 Å². The SMILES string of the molecule is C#CCC(N)C(c1ccccc1)c1ccccc1. The van der Waals surface area contributed by atoms with E-state index in [1.165, 1.54) is 11.1 Å². The number of hydrogen-bond acceptors (Lipinski definition) is 1. The maximum Gasteiger partial charge on any atom is 0.0260 e. The zero-order valence-electron chi connectivity index (χ0n) is 10.3. The van der Waals surface area contributed by atoms with Crippen LogP contribution in [0.3, 0.4) is 0 Å². The maximum absolute atomic E-state index is 6.25. The lowest BCUT2D eigenvalue weighted by Gasteiger charge is -2.23. The number of terminal acetylenes is 1.